The van der Waals surface area contributed by atoms with Crippen molar-refractivity contribution in [3.05, 3.63) is 29.6 Å². The Labute approximate surface area is 178 Å². The number of hydrogen-bond acceptors (Lipinski definition) is 8. The van der Waals surface area contributed by atoms with Gasteiger partial charge in [0.1, 0.15) is 0 Å². The van der Waals surface area contributed by atoms with Crippen molar-refractivity contribution in [2.75, 3.05) is 50.9 Å². The monoisotopic (exact) mass is 439 g/mol. The van der Waals surface area contributed by atoms with Gasteiger partial charge in [0.05, 0.1) is 12.9 Å². The highest BCUT2D eigenvalue weighted by Crippen LogP contribution is 2.26. The van der Waals surface area contributed by atoms with Gasteiger partial charge >= 0.3 is 0 Å². The van der Waals surface area contributed by atoms with Crippen LogP contribution in [0.15, 0.2) is 22.5 Å². The van der Waals surface area contributed by atoms with Crippen LogP contribution in [-0.4, -0.2) is 71.5 Å². The van der Waals surface area contributed by atoms with Gasteiger partial charge in [-0.15, -0.1) is 10.2 Å². The van der Waals surface area contributed by atoms with Gasteiger partial charge in [0.15, 0.2) is 15.9 Å². The van der Waals surface area contributed by atoms with E-state index in [1.807, 2.05) is 11.0 Å². The molecule has 29 heavy (non-hydrogen) atoms. The molecule has 0 spiro atoms. The molecule has 1 saturated heterocycles. The second-order valence-corrected chi connectivity index (χ2v) is 8.91. The van der Waals surface area contributed by atoms with Gasteiger partial charge in [0, 0.05) is 39.3 Å². The zero-order valence-corrected chi connectivity index (χ0v) is 18.3. The van der Waals surface area contributed by atoms with E-state index in [0.717, 1.165) is 41.1 Å². The normalized spacial score (nSPS) is 14.8. The van der Waals surface area contributed by atoms with E-state index in [1.165, 1.54) is 36.3 Å². The van der Waals surface area contributed by atoms with Crippen molar-refractivity contribution in [2.24, 2.45) is 0 Å². The van der Waals surface area contributed by atoms with Gasteiger partial charge in [-0.25, -0.2) is 4.39 Å². The molecule has 7 nitrogen and oxygen atoms in total. The summed E-state index contributed by atoms with van der Waals surface area (Å²) in [5.41, 5.74) is 0.905. The predicted octanol–water partition coefficient (Wildman–Crippen LogP) is 2.94. The van der Waals surface area contributed by atoms with Crippen molar-refractivity contribution in [3.63, 3.8) is 0 Å². The number of methoxy groups -OCH3 is 1. The van der Waals surface area contributed by atoms with Crippen LogP contribution in [0.2, 0.25) is 0 Å². The van der Waals surface area contributed by atoms with Gasteiger partial charge in [0.25, 0.3) is 0 Å². The number of benzene rings is 1. The zero-order valence-electron chi connectivity index (χ0n) is 16.7. The highest BCUT2D eigenvalue weighted by atomic mass is 32.2. The SMILES string of the molecule is CCCNc1nnc(SCC(=O)N2CCN(Cc3ccc(OC)c(F)c3)CC2)s1. The van der Waals surface area contributed by atoms with Gasteiger partial charge in [-0.05, 0) is 24.1 Å². The molecule has 0 atom stereocenters. The maximum Gasteiger partial charge on any atom is 0.233 e. The number of rotatable bonds is 9. The standard InChI is InChI=1S/C19H26FN5O2S2/c1-3-6-21-18-22-23-19(29-18)28-13-17(26)25-9-7-24(8-10-25)12-14-4-5-16(27-2)15(20)11-14/h4-5,11H,3,6-10,12-13H2,1-2H3,(H,21,22). The summed E-state index contributed by atoms with van der Waals surface area (Å²) in [5.74, 6) is 0.390. The number of anilines is 1. The molecule has 0 saturated carbocycles. The Morgan fingerprint density at radius 2 is 2.10 bits per heavy atom. The number of ether oxygens (including phenoxy) is 1. The lowest BCUT2D eigenvalue weighted by atomic mass is 10.2. The highest BCUT2D eigenvalue weighted by molar-refractivity contribution is 8.01. The number of carbonyl (C=O) groups is 1. The largest absolute Gasteiger partial charge is 0.494 e. The quantitative estimate of drug-likeness (QED) is 0.603. The molecular weight excluding hydrogens is 413 g/mol. The fourth-order valence-corrected chi connectivity index (χ4v) is 4.69. The molecule has 0 unspecified atom stereocenters. The molecule has 1 aromatic carbocycles. The molecule has 10 heteroatoms. The fraction of sp³-hybridized carbons (Fsp3) is 0.526. The van der Waals surface area contributed by atoms with Crippen molar-refractivity contribution in [1.82, 2.24) is 20.0 Å². The summed E-state index contributed by atoms with van der Waals surface area (Å²) in [6.45, 7) is 6.52. The Bertz CT molecular complexity index is 812. The van der Waals surface area contributed by atoms with Crippen LogP contribution in [0, 0.1) is 5.82 Å². The van der Waals surface area contributed by atoms with E-state index in [-0.39, 0.29) is 17.5 Å². The molecule has 2 aromatic rings. The van der Waals surface area contributed by atoms with Crippen LogP contribution >= 0.6 is 23.1 Å². The summed E-state index contributed by atoms with van der Waals surface area (Å²) < 4.78 is 19.6. The molecule has 3 rings (SSSR count). The van der Waals surface area contributed by atoms with E-state index in [2.05, 4.69) is 27.3 Å². The molecule has 0 aliphatic carbocycles. The average Bonchev–Trinajstić information content (AvgIpc) is 3.19. The van der Waals surface area contributed by atoms with Crippen molar-refractivity contribution in [3.8, 4) is 5.75 Å². The van der Waals surface area contributed by atoms with E-state index < -0.39 is 0 Å². The van der Waals surface area contributed by atoms with Crippen LogP contribution in [0.3, 0.4) is 0 Å². The third kappa shape index (κ3) is 6.28. The topological polar surface area (TPSA) is 70.6 Å². The number of thioether (sulfide) groups is 1. The third-order valence-electron chi connectivity index (χ3n) is 4.60. The Kier molecular flexibility index (Phi) is 8.08. The number of nitrogens with zero attached hydrogens (tertiary/aromatic N) is 4. The van der Waals surface area contributed by atoms with Gasteiger partial charge in [-0.1, -0.05) is 36.1 Å². The summed E-state index contributed by atoms with van der Waals surface area (Å²) in [5, 5.41) is 12.2. The minimum atomic E-state index is -0.347. The lowest BCUT2D eigenvalue weighted by Gasteiger charge is -2.34. The number of piperazine rings is 1. The first-order chi connectivity index (χ1) is 14.1. The lowest BCUT2D eigenvalue weighted by molar-refractivity contribution is -0.130. The highest BCUT2D eigenvalue weighted by Gasteiger charge is 2.22. The number of hydrogen-bond donors (Lipinski definition) is 1. The summed E-state index contributed by atoms with van der Waals surface area (Å²) in [6, 6.07) is 5.04. The Balaban J connectivity index is 1.41. The average molecular weight is 440 g/mol. The first-order valence-corrected chi connectivity index (χ1v) is 11.4. The van der Waals surface area contributed by atoms with Crippen LogP contribution in [0.1, 0.15) is 18.9 Å². The smallest absolute Gasteiger partial charge is 0.233 e. The first-order valence-electron chi connectivity index (χ1n) is 9.61. The summed E-state index contributed by atoms with van der Waals surface area (Å²) in [6.07, 6.45) is 1.03. The molecule has 1 aliphatic rings. The molecule has 1 N–H and O–H groups in total. The van der Waals surface area contributed by atoms with Crippen LogP contribution in [0.5, 0.6) is 5.75 Å². The number of nitrogens with one attached hydrogen (secondary N) is 1. The number of carbonyl (C=O) groups excluding carboxylic acids is 1. The van der Waals surface area contributed by atoms with Gasteiger partial charge in [0.2, 0.25) is 11.0 Å². The van der Waals surface area contributed by atoms with E-state index in [1.54, 1.807) is 6.07 Å². The van der Waals surface area contributed by atoms with Crippen LogP contribution < -0.4 is 10.1 Å². The molecule has 2 heterocycles. The molecule has 158 valence electrons. The van der Waals surface area contributed by atoms with E-state index in [0.29, 0.717) is 25.4 Å². The predicted molar refractivity (Wildman–Crippen MR) is 114 cm³/mol. The van der Waals surface area contributed by atoms with Gasteiger partial charge < -0.3 is 15.0 Å². The van der Waals surface area contributed by atoms with Crippen LogP contribution in [0.4, 0.5) is 9.52 Å². The Hall–Kier alpha value is -1.91. The minimum Gasteiger partial charge on any atom is -0.494 e. The first kappa shape index (κ1) is 21.8. The second-order valence-electron chi connectivity index (χ2n) is 6.71. The van der Waals surface area contributed by atoms with Crippen LogP contribution in [0.25, 0.3) is 0 Å². The van der Waals surface area contributed by atoms with Crippen LogP contribution in [-0.2, 0) is 11.3 Å². The molecule has 1 fully saturated rings. The molecule has 1 amide bonds. The van der Waals surface area contributed by atoms with Crippen molar-refractivity contribution in [1.29, 1.82) is 0 Å². The molecule has 1 aliphatic heterocycles. The summed E-state index contributed by atoms with van der Waals surface area (Å²) in [7, 11) is 1.46. The van der Waals surface area contributed by atoms with Crippen molar-refractivity contribution >= 4 is 34.1 Å². The number of aromatic nitrogens is 2. The van der Waals surface area contributed by atoms with Gasteiger partial charge in [-0.3, -0.25) is 9.69 Å². The van der Waals surface area contributed by atoms with Crippen molar-refractivity contribution in [2.45, 2.75) is 24.2 Å². The fourth-order valence-electron chi connectivity index (χ4n) is 3.01. The minimum absolute atomic E-state index is 0.114. The third-order valence-corrected chi connectivity index (χ3v) is 6.60. The maximum atomic E-state index is 13.8. The van der Waals surface area contributed by atoms with E-state index in [9.17, 15) is 9.18 Å². The lowest BCUT2D eigenvalue weighted by Crippen LogP contribution is -2.48. The molecule has 1 aromatic heterocycles. The van der Waals surface area contributed by atoms with E-state index >= 15 is 0 Å². The van der Waals surface area contributed by atoms with E-state index in [4.69, 9.17) is 4.74 Å². The zero-order chi connectivity index (χ0) is 20.6. The summed E-state index contributed by atoms with van der Waals surface area (Å²) in [4.78, 5) is 16.6. The van der Waals surface area contributed by atoms with Gasteiger partial charge in [-0.2, -0.15) is 0 Å². The maximum absolute atomic E-state index is 13.8. The Morgan fingerprint density at radius 1 is 1.31 bits per heavy atom. The Morgan fingerprint density at radius 3 is 2.79 bits per heavy atom. The molecule has 0 bridgehead atoms. The number of amides is 1. The number of halogens is 1. The summed E-state index contributed by atoms with van der Waals surface area (Å²) >= 11 is 2.91. The molecular formula is C19H26FN5O2S2. The van der Waals surface area contributed by atoms with Crippen molar-refractivity contribution < 1.29 is 13.9 Å². The second kappa shape index (κ2) is 10.7. The molecule has 0 radical (unpaired) electrons.